The molecule has 0 fully saturated rings. The van der Waals surface area contributed by atoms with Gasteiger partial charge in [-0.2, -0.15) is 11.8 Å². The monoisotopic (exact) mass is 296 g/mol. The zero-order valence-electron chi connectivity index (χ0n) is 13.2. The largest absolute Gasteiger partial charge is 0.155 e. The predicted octanol–water partition coefficient (Wildman–Crippen LogP) is 6.11. The first-order chi connectivity index (χ1) is 10.1. The maximum atomic E-state index is 2.38. The molecule has 0 aromatic heterocycles. The molecule has 0 radical (unpaired) electrons. The summed E-state index contributed by atoms with van der Waals surface area (Å²) in [4.78, 5) is 0. The highest BCUT2D eigenvalue weighted by atomic mass is 32.2. The van der Waals surface area contributed by atoms with Crippen molar-refractivity contribution in [1.82, 2.24) is 0 Å². The van der Waals surface area contributed by atoms with Gasteiger partial charge in [0.2, 0.25) is 0 Å². The smallest absolute Gasteiger partial charge is 0.0192 e. The summed E-state index contributed by atoms with van der Waals surface area (Å²) in [6.07, 6.45) is 2.55. The summed E-state index contributed by atoms with van der Waals surface area (Å²) in [6.45, 7) is 7.05. The van der Waals surface area contributed by atoms with Gasteiger partial charge in [-0.3, -0.25) is 0 Å². The fraction of sp³-hybridized carbons (Fsp3) is 0.400. The Morgan fingerprint density at radius 1 is 0.905 bits per heavy atom. The van der Waals surface area contributed by atoms with E-state index in [1.54, 1.807) is 0 Å². The average Bonchev–Trinajstić information content (AvgIpc) is 2.79. The van der Waals surface area contributed by atoms with E-state index in [1.165, 1.54) is 40.8 Å². The van der Waals surface area contributed by atoms with Gasteiger partial charge in [0.25, 0.3) is 0 Å². The van der Waals surface area contributed by atoms with Crippen LogP contribution in [0.25, 0.3) is 11.1 Å². The van der Waals surface area contributed by atoms with E-state index in [1.807, 2.05) is 0 Å². The molecule has 21 heavy (non-hydrogen) atoms. The summed E-state index contributed by atoms with van der Waals surface area (Å²) < 4.78 is 0.376. The van der Waals surface area contributed by atoms with Gasteiger partial charge in [-0.25, -0.2) is 0 Å². The number of thioether (sulfide) groups is 1. The molecule has 0 bridgehead atoms. The molecule has 3 rings (SSSR count). The van der Waals surface area contributed by atoms with Gasteiger partial charge in [-0.15, -0.1) is 0 Å². The van der Waals surface area contributed by atoms with Crippen LogP contribution in [0.3, 0.4) is 0 Å². The minimum Gasteiger partial charge on any atom is -0.155 e. The number of hydrogen-bond acceptors (Lipinski definition) is 1. The molecule has 0 N–H and O–H groups in total. The minimum absolute atomic E-state index is 0.376. The maximum absolute atomic E-state index is 2.38. The standard InChI is InChI=1S/C20H24S/c1-4-13-20(2,3)21-14-19-17-11-7-5-9-15(17)16-10-6-8-12-18(16)19/h5-12,19H,4,13-14H2,1-3H3. The van der Waals surface area contributed by atoms with Crippen LogP contribution in [0.1, 0.15) is 50.7 Å². The van der Waals surface area contributed by atoms with Crippen LogP contribution in [0.4, 0.5) is 0 Å². The van der Waals surface area contributed by atoms with Gasteiger partial charge in [0, 0.05) is 16.4 Å². The lowest BCUT2D eigenvalue weighted by Crippen LogP contribution is -2.16. The van der Waals surface area contributed by atoms with E-state index < -0.39 is 0 Å². The first-order valence-electron chi connectivity index (χ1n) is 7.94. The quantitative estimate of drug-likeness (QED) is 0.641. The van der Waals surface area contributed by atoms with Gasteiger partial charge in [0.1, 0.15) is 0 Å². The van der Waals surface area contributed by atoms with Gasteiger partial charge in [0.05, 0.1) is 0 Å². The molecule has 0 saturated carbocycles. The molecule has 1 aliphatic rings. The highest BCUT2D eigenvalue weighted by Crippen LogP contribution is 2.47. The Morgan fingerprint density at radius 3 is 1.95 bits per heavy atom. The van der Waals surface area contributed by atoms with Gasteiger partial charge >= 0.3 is 0 Å². The van der Waals surface area contributed by atoms with Crippen LogP contribution < -0.4 is 0 Å². The molecule has 0 saturated heterocycles. The van der Waals surface area contributed by atoms with Crippen LogP contribution in [0, 0.1) is 0 Å². The summed E-state index contributed by atoms with van der Waals surface area (Å²) in [5.41, 5.74) is 5.90. The second kappa shape index (κ2) is 5.88. The molecule has 0 unspecified atom stereocenters. The van der Waals surface area contributed by atoms with E-state index in [2.05, 4.69) is 81.1 Å². The molecular formula is C20H24S. The van der Waals surface area contributed by atoms with Crippen molar-refractivity contribution < 1.29 is 0 Å². The third-order valence-electron chi connectivity index (χ3n) is 4.46. The SMILES string of the molecule is CCCC(C)(C)SCC1c2ccccc2-c2ccccc21. The van der Waals surface area contributed by atoms with Crippen molar-refractivity contribution in [2.75, 3.05) is 5.75 Å². The maximum Gasteiger partial charge on any atom is 0.0192 e. The van der Waals surface area contributed by atoms with Crippen LogP contribution in [0.15, 0.2) is 48.5 Å². The van der Waals surface area contributed by atoms with E-state index in [9.17, 15) is 0 Å². The first kappa shape index (κ1) is 14.7. The summed E-state index contributed by atoms with van der Waals surface area (Å²) in [5.74, 6) is 1.74. The first-order valence-corrected chi connectivity index (χ1v) is 8.93. The number of benzene rings is 2. The van der Waals surface area contributed by atoms with Crippen molar-refractivity contribution in [1.29, 1.82) is 0 Å². The molecule has 2 aromatic rings. The molecule has 2 aromatic carbocycles. The molecule has 0 spiro atoms. The zero-order valence-corrected chi connectivity index (χ0v) is 14.0. The third-order valence-corrected chi connectivity index (χ3v) is 5.94. The fourth-order valence-electron chi connectivity index (χ4n) is 3.42. The molecule has 0 amide bonds. The van der Waals surface area contributed by atoms with E-state index >= 15 is 0 Å². The van der Waals surface area contributed by atoms with Crippen LogP contribution >= 0.6 is 11.8 Å². The average molecular weight is 296 g/mol. The normalized spacial score (nSPS) is 14.0. The summed E-state index contributed by atoms with van der Waals surface area (Å²) in [7, 11) is 0. The fourth-order valence-corrected chi connectivity index (χ4v) is 4.75. The molecule has 110 valence electrons. The lowest BCUT2D eigenvalue weighted by molar-refractivity contribution is 0.625. The van der Waals surface area contributed by atoms with Crippen molar-refractivity contribution in [3.05, 3.63) is 59.7 Å². The van der Waals surface area contributed by atoms with E-state index in [-0.39, 0.29) is 0 Å². The Kier molecular flexibility index (Phi) is 4.12. The van der Waals surface area contributed by atoms with Crippen molar-refractivity contribution in [3.63, 3.8) is 0 Å². The van der Waals surface area contributed by atoms with Crippen molar-refractivity contribution in [3.8, 4) is 11.1 Å². The second-order valence-electron chi connectivity index (χ2n) is 6.55. The molecule has 1 aliphatic carbocycles. The zero-order chi connectivity index (χ0) is 14.9. The number of rotatable bonds is 5. The molecule has 0 atom stereocenters. The third kappa shape index (κ3) is 2.89. The molecule has 0 nitrogen and oxygen atoms in total. The predicted molar refractivity (Wildman–Crippen MR) is 95.2 cm³/mol. The van der Waals surface area contributed by atoms with E-state index in [0.29, 0.717) is 10.7 Å². The minimum atomic E-state index is 0.376. The summed E-state index contributed by atoms with van der Waals surface area (Å²) >= 11 is 2.13. The van der Waals surface area contributed by atoms with Crippen molar-refractivity contribution >= 4 is 11.8 Å². The second-order valence-corrected chi connectivity index (χ2v) is 8.27. The Hall–Kier alpha value is -1.21. The molecule has 0 aliphatic heterocycles. The highest BCUT2D eigenvalue weighted by molar-refractivity contribution is 8.00. The Bertz CT molecular complexity index is 582. The van der Waals surface area contributed by atoms with Gasteiger partial charge < -0.3 is 0 Å². The van der Waals surface area contributed by atoms with Gasteiger partial charge in [-0.1, -0.05) is 75.7 Å². The van der Waals surface area contributed by atoms with Gasteiger partial charge in [0.15, 0.2) is 0 Å². The summed E-state index contributed by atoms with van der Waals surface area (Å²) in [5, 5.41) is 0. The van der Waals surface area contributed by atoms with E-state index in [0.717, 1.165) is 0 Å². The van der Waals surface area contributed by atoms with Crippen LogP contribution in [-0.4, -0.2) is 10.5 Å². The van der Waals surface area contributed by atoms with Crippen molar-refractivity contribution in [2.24, 2.45) is 0 Å². The van der Waals surface area contributed by atoms with Crippen LogP contribution in [0.2, 0.25) is 0 Å². The number of fused-ring (bicyclic) bond motifs is 3. The lowest BCUT2D eigenvalue weighted by atomic mass is 9.99. The van der Waals surface area contributed by atoms with Crippen LogP contribution in [0.5, 0.6) is 0 Å². The Labute approximate surface area is 133 Å². The molecule has 1 heteroatoms. The van der Waals surface area contributed by atoms with Crippen molar-refractivity contribution in [2.45, 2.75) is 44.3 Å². The summed E-state index contributed by atoms with van der Waals surface area (Å²) in [6, 6.07) is 17.9. The van der Waals surface area contributed by atoms with Crippen LogP contribution in [-0.2, 0) is 0 Å². The Morgan fingerprint density at radius 2 is 1.43 bits per heavy atom. The molecular weight excluding hydrogens is 272 g/mol. The van der Waals surface area contributed by atoms with Gasteiger partial charge in [-0.05, 0) is 28.7 Å². The lowest BCUT2D eigenvalue weighted by Gasteiger charge is -2.25. The number of hydrogen-bond donors (Lipinski definition) is 0. The molecule has 0 heterocycles. The topological polar surface area (TPSA) is 0 Å². The van der Waals surface area contributed by atoms with E-state index in [4.69, 9.17) is 0 Å². The Balaban J connectivity index is 1.89. The highest BCUT2D eigenvalue weighted by Gasteiger charge is 2.29.